The molecule has 1 aliphatic heterocycles. The maximum Gasteiger partial charge on any atom is 0.248 e. The molecular weight excluding hydrogens is 433 g/mol. The van der Waals surface area contributed by atoms with E-state index in [4.69, 9.17) is 16.3 Å². The molecule has 0 radical (unpaired) electrons. The Morgan fingerprint density at radius 2 is 2.16 bits per heavy atom. The molecule has 3 aromatic rings. The number of amides is 1. The van der Waals surface area contributed by atoms with Crippen molar-refractivity contribution in [3.8, 4) is 5.75 Å². The van der Waals surface area contributed by atoms with Gasteiger partial charge in [0.05, 0.1) is 23.3 Å². The van der Waals surface area contributed by atoms with Crippen molar-refractivity contribution in [1.82, 2.24) is 14.9 Å². The number of methoxy groups -OCH3 is 1. The third kappa shape index (κ3) is 4.81. The summed E-state index contributed by atoms with van der Waals surface area (Å²) < 4.78 is 18.9. The molecule has 9 heteroatoms. The van der Waals surface area contributed by atoms with E-state index in [9.17, 15) is 9.18 Å². The van der Waals surface area contributed by atoms with Crippen LogP contribution in [0.2, 0.25) is 5.02 Å². The topological polar surface area (TPSA) is 79.4 Å². The van der Waals surface area contributed by atoms with Crippen molar-refractivity contribution < 1.29 is 13.9 Å². The first-order valence-electron chi connectivity index (χ1n) is 10.2. The average molecular weight is 456 g/mol. The molecule has 166 valence electrons. The number of hydrogen-bond acceptors (Lipinski definition) is 6. The van der Waals surface area contributed by atoms with Gasteiger partial charge in [0, 0.05) is 29.3 Å². The van der Waals surface area contributed by atoms with Crippen LogP contribution in [-0.2, 0) is 4.79 Å². The molecule has 1 fully saturated rings. The molecule has 4 rings (SSSR count). The van der Waals surface area contributed by atoms with Gasteiger partial charge >= 0.3 is 0 Å². The Morgan fingerprint density at radius 3 is 2.88 bits per heavy atom. The largest absolute Gasteiger partial charge is 0.494 e. The summed E-state index contributed by atoms with van der Waals surface area (Å²) in [5.41, 5.74) is 1.68. The van der Waals surface area contributed by atoms with Crippen LogP contribution >= 0.6 is 11.6 Å². The number of halogens is 2. The Labute approximate surface area is 190 Å². The fourth-order valence-corrected chi connectivity index (χ4v) is 3.89. The Kier molecular flexibility index (Phi) is 6.53. The Morgan fingerprint density at radius 1 is 1.31 bits per heavy atom. The number of carbonyl (C=O) groups is 1. The number of likely N-dealkylation sites (N-methyl/N-ethyl adjacent to an activating group) is 1. The number of aromatic nitrogens is 2. The second-order valence-electron chi connectivity index (χ2n) is 7.58. The molecule has 0 bridgehead atoms. The molecule has 1 aromatic heterocycles. The Bertz CT molecular complexity index is 1190. The second kappa shape index (κ2) is 9.50. The molecule has 1 amide bonds. The van der Waals surface area contributed by atoms with Crippen molar-refractivity contribution in [3.05, 3.63) is 59.7 Å². The van der Waals surface area contributed by atoms with Gasteiger partial charge in [-0.05, 0) is 50.7 Å². The zero-order valence-corrected chi connectivity index (χ0v) is 18.5. The number of ether oxygens (including phenoxy) is 1. The smallest absolute Gasteiger partial charge is 0.248 e. The molecule has 0 spiro atoms. The van der Waals surface area contributed by atoms with E-state index >= 15 is 0 Å². The van der Waals surface area contributed by atoms with Gasteiger partial charge in [0.15, 0.2) is 0 Å². The lowest BCUT2D eigenvalue weighted by Gasteiger charge is -2.15. The van der Waals surface area contributed by atoms with E-state index in [1.807, 2.05) is 6.08 Å². The summed E-state index contributed by atoms with van der Waals surface area (Å²) in [6, 6.07) is 8.05. The SMILES string of the molecule is COc1cc2ncnc(Nc3ccc(F)c(Cl)c3)c2cc1NC(=O)C=CC1CCCN1C. The lowest BCUT2D eigenvalue weighted by molar-refractivity contribution is -0.111. The van der Waals surface area contributed by atoms with Gasteiger partial charge in [-0.3, -0.25) is 9.69 Å². The number of nitrogens with one attached hydrogen (secondary N) is 2. The van der Waals surface area contributed by atoms with E-state index in [1.54, 1.807) is 24.3 Å². The van der Waals surface area contributed by atoms with Crippen LogP contribution in [0.1, 0.15) is 12.8 Å². The van der Waals surface area contributed by atoms with Crippen LogP contribution < -0.4 is 15.4 Å². The first kappa shape index (κ1) is 22.0. The van der Waals surface area contributed by atoms with Crippen molar-refractivity contribution in [1.29, 1.82) is 0 Å². The van der Waals surface area contributed by atoms with Gasteiger partial charge in [0.25, 0.3) is 0 Å². The molecule has 1 unspecified atom stereocenters. The van der Waals surface area contributed by atoms with Gasteiger partial charge in [-0.25, -0.2) is 14.4 Å². The summed E-state index contributed by atoms with van der Waals surface area (Å²) in [4.78, 5) is 23.4. The molecule has 1 aliphatic rings. The molecule has 32 heavy (non-hydrogen) atoms. The molecule has 2 N–H and O–H groups in total. The summed E-state index contributed by atoms with van der Waals surface area (Å²) in [5.74, 6) is 0.210. The summed E-state index contributed by atoms with van der Waals surface area (Å²) in [6.07, 6.45) is 7.05. The van der Waals surface area contributed by atoms with Gasteiger partial charge < -0.3 is 15.4 Å². The summed E-state index contributed by atoms with van der Waals surface area (Å²) in [6.45, 7) is 1.03. The lowest BCUT2D eigenvalue weighted by atomic mass is 10.1. The third-order valence-corrected chi connectivity index (χ3v) is 5.73. The van der Waals surface area contributed by atoms with Crippen molar-refractivity contribution in [2.45, 2.75) is 18.9 Å². The van der Waals surface area contributed by atoms with E-state index in [1.165, 1.54) is 25.6 Å². The Balaban J connectivity index is 1.62. The summed E-state index contributed by atoms with van der Waals surface area (Å²) >= 11 is 5.88. The average Bonchev–Trinajstić information content (AvgIpc) is 3.19. The van der Waals surface area contributed by atoms with Gasteiger partial charge in [0.2, 0.25) is 5.91 Å². The van der Waals surface area contributed by atoms with Crippen molar-refractivity contribution in [2.75, 3.05) is 31.3 Å². The van der Waals surface area contributed by atoms with Gasteiger partial charge in [-0.1, -0.05) is 17.7 Å². The van der Waals surface area contributed by atoms with Gasteiger partial charge in [-0.2, -0.15) is 0 Å². The number of rotatable bonds is 6. The molecule has 0 saturated carbocycles. The van der Waals surface area contributed by atoms with Crippen LogP contribution in [0.15, 0.2) is 48.8 Å². The van der Waals surface area contributed by atoms with E-state index < -0.39 is 5.82 Å². The minimum atomic E-state index is -0.503. The fraction of sp³-hybridized carbons (Fsp3) is 0.261. The molecule has 1 atom stereocenters. The highest BCUT2D eigenvalue weighted by atomic mass is 35.5. The number of hydrogen-bond donors (Lipinski definition) is 2. The number of carbonyl (C=O) groups excluding carboxylic acids is 1. The predicted octanol–water partition coefficient (Wildman–Crippen LogP) is 4.76. The summed E-state index contributed by atoms with van der Waals surface area (Å²) in [5, 5.41) is 6.66. The molecule has 0 aliphatic carbocycles. The van der Waals surface area contributed by atoms with Crippen molar-refractivity contribution >= 4 is 45.6 Å². The first-order chi connectivity index (χ1) is 15.4. The third-order valence-electron chi connectivity index (χ3n) is 5.44. The van der Waals surface area contributed by atoms with Crippen molar-refractivity contribution in [2.24, 2.45) is 0 Å². The maximum absolute atomic E-state index is 13.5. The lowest BCUT2D eigenvalue weighted by Crippen LogP contribution is -2.23. The van der Waals surface area contributed by atoms with Crippen LogP contribution in [0, 0.1) is 5.82 Å². The highest BCUT2D eigenvalue weighted by Gasteiger charge is 2.18. The minimum Gasteiger partial charge on any atom is -0.494 e. The minimum absolute atomic E-state index is 0.00248. The first-order valence-corrected chi connectivity index (χ1v) is 10.6. The Hall–Kier alpha value is -3.23. The van der Waals surface area contributed by atoms with E-state index in [2.05, 4.69) is 32.5 Å². The molecular formula is C23H23ClFN5O2. The van der Waals surface area contributed by atoms with Crippen LogP contribution in [0.4, 0.5) is 21.6 Å². The fourth-order valence-electron chi connectivity index (χ4n) is 3.71. The number of benzene rings is 2. The number of nitrogens with zero attached hydrogens (tertiary/aromatic N) is 3. The van der Waals surface area contributed by atoms with E-state index in [0.717, 1.165) is 19.4 Å². The number of likely N-dealkylation sites (tertiary alicyclic amines) is 1. The van der Waals surface area contributed by atoms with Crippen LogP contribution in [0.25, 0.3) is 10.9 Å². The van der Waals surface area contributed by atoms with E-state index in [-0.39, 0.29) is 17.0 Å². The standard InChI is InChI=1S/C23H23ClFN5O2/c1-30-9-3-4-15(30)6-8-22(31)29-20-11-16-19(12-21(20)32-2)26-13-27-23(16)28-14-5-7-18(25)17(24)10-14/h5-8,10-13,15H,3-4,9H2,1-2H3,(H,29,31)(H,26,27,28). The summed E-state index contributed by atoms with van der Waals surface area (Å²) in [7, 11) is 3.58. The van der Waals surface area contributed by atoms with Crippen LogP contribution in [0.3, 0.4) is 0 Å². The van der Waals surface area contributed by atoms with Gasteiger partial charge in [-0.15, -0.1) is 0 Å². The molecule has 1 saturated heterocycles. The van der Waals surface area contributed by atoms with Crippen LogP contribution in [0.5, 0.6) is 5.75 Å². The zero-order chi connectivity index (χ0) is 22.7. The van der Waals surface area contributed by atoms with Crippen molar-refractivity contribution in [3.63, 3.8) is 0 Å². The van der Waals surface area contributed by atoms with E-state index in [0.29, 0.717) is 33.8 Å². The normalized spacial score (nSPS) is 16.6. The zero-order valence-electron chi connectivity index (χ0n) is 17.7. The predicted molar refractivity (Wildman–Crippen MR) is 124 cm³/mol. The van der Waals surface area contributed by atoms with Gasteiger partial charge in [0.1, 0.15) is 23.7 Å². The highest BCUT2D eigenvalue weighted by Crippen LogP contribution is 2.33. The number of fused-ring (bicyclic) bond motifs is 1. The van der Waals surface area contributed by atoms with Crippen LogP contribution in [-0.4, -0.2) is 47.5 Å². The quantitative estimate of drug-likeness (QED) is 0.521. The maximum atomic E-state index is 13.5. The number of anilines is 3. The molecule has 2 aromatic carbocycles. The second-order valence-corrected chi connectivity index (χ2v) is 7.99. The molecule has 2 heterocycles. The highest BCUT2D eigenvalue weighted by molar-refractivity contribution is 6.31. The monoisotopic (exact) mass is 455 g/mol. The molecule has 7 nitrogen and oxygen atoms in total.